The number of hydrogen-bond donors (Lipinski definition) is 2. The van der Waals surface area contributed by atoms with Crippen molar-refractivity contribution in [2.45, 2.75) is 12.7 Å². The fraction of sp³-hybridized carbons (Fsp3) is 0.273. The third kappa shape index (κ3) is 3.81. The summed E-state index contributed by atoms with van der Waals surface area (Å²) in [5, 5.41) is 11.1. The Labute approximate surface area is 174 Å². The Morgan fingerprint density at radius 3 is 2.50 bits per heavy atom. The van der Waals surface area contributed by atoms with Gasteiger partial charge in [0, 0.05) is 12.1 Å². The Morgan fingerprint density at radius 2 is 1.80 bits per heavy atom. The molecule has 3 aromatic rings. The predicted octanol–water partition coefficient (Wildman–Crippen LogP) is 2.61. The number of nitrogens with one attached hydrogen (secondary N) is 2. The molecule has 0 saturated heterocycles. The number of rotatable bonds is 7. The highest BCUT2D eigenvalue weighted by Gasteiger charge is 2.27. The highest BCUT2D eigenvalue weighted by molar-refractivity contribution is 5.94. The number of nitrogens with zero attached hydrogens (tertiary/aromatic N) is 2. The zero-order chi connectivity index (χ0) is 21.1. The van der Waals surface area contributed by atoms with E-state index in [1.807, 2.05) is 42.5 Å². The highest BCUT2D eigenvalue weighted by atomic mass is 16.5. The van der Waals surface area contributed by atoms with Gasteiger partial charge in [-0.1, -0.05) is 6.07 Å². The minimum absolute atomic E-state index is 0.133. The fourth-order valence-electron chi connectivity index (χ4n) is 3.46. The number of fused-ring (bicyclic) bond motifs is 1. The maximum absolute atomic E-state index is 12.4. The quantitative estimate of drug-likeness (QED) is 0.625. The molecule has 2 N–H and O–H groups in total. The van der Waals surface area contributed by atoms with E-state index in [0.717, 1.165) is 22.6 Å². The molecule has 30 heavy (non-hydrogen) atoms. The van der Waals surface area contributed by atoms with Gasteiger partial charge in [-0.15, -0.1) is 0 Å². The first-order valence-corrected chi connectivity index (χ1v) is 9.59. The van der Waals surface area contributed by atoms with Gasteiger partial charge in [-0.05, 0) is 48.0 Å². The van der Waals surface area contributed by atoms with Crippen molar-refractivity contribution in [1.82, 2.24) is 20.4 Å². The van der Waals surface area contributed by atoms with Crippen LogP contribution in [0.1, 0.15) is 22.2 Å². The number of hydrogen-bond acceptors (Lipinski definition) is 6. The van der Waals surface area contributed by atoms with E-state index in [1.54, 1.807) is 32.1 Å². The van der Waals surface area contributed by atoms with Gasteiger partial charge in [-0.2, -0.15) is 5.10 Å². The first-order valence-electron chi connectivity index (χ1n) is 9.59. The third-order valence-corrected chi connectivity index (χ3v) is 5.10. The SMILES string of the molecule is COc1ccc(-c2cc3n(n2)[C@@H](NCc2ccc(OC)c(OC)c2)CNC3=O)cc1. The van der Waals surface area contributed by atoms with Crippen LogP contribution < -0.4 is 24.8 Å². The van der Waals surface area contributed by atoms with Crippen molar-refractivity contribution in [3.8, 4) is 28.5 Å². The van der Waals surface area contributed by atoms with Gasteiger partial charge in [0.15, 0.2) is 11.5 Å². The molecule has 0 radical (unpaired) electrons. The van der Waals surface area contributed by atoms with Crippen molar-refractivity contribution in [3.63, 3.8) is 0 Å². The van der Waals surface area contributed by atoms with Gasteiger partial charge in [0.25, 0.3) is 5.91 Å². The van der Waals surface area contributed by atoms with Crippen LogP contribution in [0.2, 0.25) is 0 Å². The van der Waals surface area contributed by atoms with Crippen LogP contribution in [0, 0.1) is 0 Å². The van der Waals surface area contributed by atoms with E-state index in [9.17, 15) is 4.79 Å². The highest BCUT2D eigenvalue weighted by Crippen LogP contribution is 2.28. The first kappa shape index (κ1) is 19.8. The lowest BCUT2D eigenvalue weighted by atomic mass is 10.1. The fourth-order valence-corrected chi connectivity index (χ4v) is 3.46. The summed E-state index contributed by atoms with van der Waals surface area (Å²) in [5.74, 6) is 2.00. The number of carbonyl (C=O) groups is 1. The van der Waals surface area contributed by atoms with Crippen LogP contribution in [0.25, 0.3) is 11.3 Å². The molecule has 0 aliphatic carbocycles. The molecule has 8 heteroatoms. The molecule has 8 nitrogen and oxygen atoms in total. The zero-order valence-corrected chi connectivity index (χ0v) is 17.1. The average Bonchev–Trinajstić information content (AvgIpc) is 3.25. The maximum atomic E-state index is 12.4. The van der Waals surface area contributed by atoms with Crippen molar-refractivity contribution in [1.29, 1.82) is 0 Å². The molecule has 2 heterocycles. The minimum Gasteiger partial charge on any atom is -0.497 e. The van der Waals surface area contributed by atoms with Crippen molar-refractivity contribution >= 4 is 5.91 Å². The van der Waals surface area contributed by atoms with Crippen LogP contribution in [0.3, 0.4) is 0 Å². The summed E-state index contributed by atoms with van der Waals surface area (Å²) in [4.78, 5) is 12.4. The number of amides is 1. The van der Waals surface area contributed by atoms with E-state index in [4.69, 9.17) is 14.2 Å². The third-order valence-electron chi connectivity index (χ3n) is 5.10. The summed E-state index contributed by atoms with van der Waals surface area (Å²) in [6.45, 7) is 1.03. The van der Waals surface area contributed by atoms with E-state index in [1.165, 1.54) is 0 Å². The average molecular weight is 408 g/mol. The molecule has 1 aliphatic rings. The number of benzene rings is 2. The van der Waals surface area contributed by atoms with E-state index in [-0.39, 0.29) is 12.1 Å². The minimum atomic E-state index is -0.169. The molecule has 1 aromatic heterocycles. The topological polar surface area (TPSA) is 86.6 Å². The Hall–Kier alpha value is -3.52. The molecule has 0 unspecified atom stereocenters. The molecule has 156 valence electrons. The van der Waals surface area contributed by atoms with Crippen LogP contribution in [0.4, 0.5) is 0 Å². The lowest BCUT2D eigenvalue weighted by molar-refractivity contribution is 0.0900. The van der Waals surface area contributed by atoms with Crippen LogP contribution in [0.15, 0.2) is 48.5 Å². The number of ether oxygens (including phenoxy) is 3. The molecular formula is C22H24N4O4. The zero-order valence-electron chi connectivity index (χ0n) is 17.1. The van der Waals surface area contributed by atoms with Crippen molar-refractivity contribution < 1.29 is 19.0 Å². The lowest BCUT2D eigenvalue weighted by Crippen LogP contribution is -2.45. The van der Waals surface area contributed by atoms with Crippen LogP contribution >= 0.6 is 0 Å². The van der Waals surface area contributed by atoms with E-state index in [2.05, 4.69) is 15.7 Å². The Morgan fingerprint density at radius 1 is 1.03 bits per heavy atom. The summed E-state index contributed by atoms with van der Waals surface area (Å²) >= 11 is 0. The second-order valence-electron chi connectivity index (χ2n) is 6.88. The van der Waals surface area contributed by atoms with E-state index < -0.39 is 0 Å². The van der Waals surface area contributed by atoms with Gasteiger partial charge in [0.2, 0.25) is 0 Å². The Bertz CT molecular complexity index is 1050. The van der Waals surface area contributed by atoms with Crippen LogP contribution in [-0.2, 0) is 6.54 Å². The van der Waals surface area contributed by atoms with Crippen molar-refractivity contribution in [2.24, 2.45) is 0 Å². The van der Waals surface area contributed by atoms with Crippen LogP contribution in [-0.4, -0.2) is 43.6 Å². The van der Waals surface area contributed by atoms with Gasteiger partial charge < -0.3 is 19.5 Å². The molecule has 1 amide bonds. The molecule has 0 bridgehead atoms. The monoisotopic (exact) mass is 408 g/mol. The Balaban J connectivity index is 1.54. The van der Waals surface area contributed by atoms with Crippen molar-refractivity contribution in [3.05, 3.63) is 59.8 Å². The molecule has 0 spiro atoms. The normalized spacial score (nSPS) is 15.3. The molecule has 1 atom stereocenters. The molecule has 2 aromatic carbocycles. The molecule has 0 fully saturated rings. The standard InChI is InChI=1S/C22H24N4O4/c1-28-16-7-5-15(6-8-16)17-11-18-22(27)24-13-21(26(18)25-17)23-12-14-4-9-19(29-2)20(10-14)30-3/h4-11,21,23H,12-13H2,1-3H3,(H,24,27)/t21-/m1/s1. The predicted molar refractivity (Wildman–Crippen MR) is 112 cm³/mol. The van der Waals surface area contributed by atoms with Gasteiger partial charge >= 0.3 is 0 Å². The first-order chi connectivity index (χ1) is 14.6. The summed E-state index contributed by atoms with van der Waals surface area (Å²) < 4.78 is 17.6. The number of methoxy groups -OCH3 is 3. The second kappa shape index (κ2) is 8.46. The van der Waals surface area contributed by atoms with Gasteiger partial charge in [0.05, 0.1) is 33.6 Å². The molecular weight excluding hydrogens is 384 g/mol. The summed E-state index contributed by atoms with van der Waals surface area (Å²) in [5.41, 5.74) is 3.22. The second-order valence-corrected chi connectivity index (χ2v) is 6.88. The molecule has 1 aliphatic heterocycles. The molecule has 0 saturated carbocycles. The number of aromatic nitrogens is 2. The largest absolute Gasteiger partial charge is 0.497 e. The van der Waals surface area contributed by atoms with Crippen molar-refractivity contribution in [2.75, 3.05) is 27.9 Å². The van der Waals surface area contributed by atoms with E-state index >= 15 is 0 Å². The smallest absolute Gasteiger partial charge is 0.269 e. The maximum Gasteiger partial charge on any atom is 0.269 e. The molecule has 4 rings (SSSR count). The van der Waals surface area contributed by atoms with Gasteiger partial charge in [-0.25, -0.2) is 4.68 Å². The number of carbonyl (C=O) groups excluding carboxylic acids is 1. The van der Waals surface area contributed by atoms with Gasteiger partial charge in [-0.3, -0.25) is 10.1 Å². The Kier molecular flexibility index (Phi) is 5.58. The van der Waals surface area contributed by atoms with E-state index in [0.29, 0.717) is 30.3 Å². The van der Waals surface area contributed by atoms with Gasteiger partial charge in [0.1, 0.15) is 17.6 Å². The summed E-state index contributed by atoms with van der Waals surface area (Å²) in [6, 6.07) is 15.2. The lowest BCUT2D eigenvalue weighted by Gasteiger charge is -2.26. The summed E-state index contributed by atoms with van der Waals surface area (Å²) in [6.07, 6.45) is -0.169. The van der Waals surface area contributed by atoms with Crippen LogP contribution in [0.5, 0.6) is 17.2 Å². The summed E-state index contributed by atoms with van der Waals surface area (Å²) in [7, 11) is 4.85.